The van der Waals surface area contributed by atoms with Gasteiger partial charge in [-0.1, -0.05) is 19.4 Å². The number of rotatable bonds is 4. The summed E-state index contributed by atoms with van der Waals surface area (Å²) in [7, 11) is 0. The van der Waals surface area contributed by atoms with E-state index in [1.54, 1.807) is 6.08 Å². The number of fused-ring (bicyclic) bond motifs is 5. The van der Waals surface area contributed by atoms with E-state index in [4.69, 9.17) is 9.47 Å². The summed E-state index contributed by atoms with van der Waals surface area (Å²) in [6, 6.07) is 0. The zero-order chi connectivity index (χ0) is 23.5. The number of hydrogen-bond acceptors (Lipinski definition) is 7. The van der Waals surface area contributed by atoms with Crippen molar-refractivity contribution in [2.75, 3.05) is 6.61 Å². The molecule has 7 heteroatoms. The van der Waals surface area contributed by atoms with E-state index in [0.29, 0.717) is 25.7 Å². The summed E-state index contributed by atoms with van der Waals surface area (Å²) in [5.74, 6) is -0.777. The van der Waals surface area contributed by atoms with Crippen LogP contribution in [0, 0.1) is 28.6 Å². The molecule has 0 aromatic carbocycles. The molecule has 0 amide bonds. The van der Waals surface area contributed by atoms with Crippen molar-refractivity contribution >= 4 is 23.5 Å². The van der Waals surface area contributed by atoms with Gasteiger partial charge in [0.15, 0.2) is 11.9 Å². The van der Waals surface area contributed by atoms with Gasteiger partial charge >= 0.3 is 11.9 Å². The molecule has 0 aromatic rings. The fourth-order valence-corrected chi connectivity index (χ4v) is 7.61. The first-order chi connectivity index (χ1) is 14.9. The summed E-state index contributed by atoms with van der Waals surface area (Å²) in [5, 5.41) is 11.9. The molecule has 3 saturated carbocycles. The molecule has 0 aromatic heterocycles. The van der Waals surface area contributed by atoms with Crippen LogP contribution in [0.1, 0.15) is 72.6 Å². The van der Waals surface area contributed by atoms with Crippen molar-refractivity contribution in [1.82, 2.24) is 0 Å². The van der Waals surface area contributed by atoms with E-state index in [2.05, 4.69) is 6.92 Å². The molecule has 1 N–H and O–H groups in total. The van der Waals surface area contributed by atoms with E-state index in [-0.39, 0.29) is 47.8 Å². The SMILES string of the molecule is CC(=O)OCC(OC(C)=O)[C@@]1(O)CCC2C3CCC4=CC(=O)CCC4(C)C3C(=O)CC21C. The van der Waals surface area contributed by atoms with Crippen molar-refractivity contribution < 1.29 is 33.8 Å². The molecule has 0 bridgehead atoms. The highest BCUT2D eigenvalue weighted by Gasteiger charge is 2.69. The van der Waals surface area contributed by atoms with Crippen molar-refractivity contribution in [2.24, 2.45) is 28.6 Å². The van der Waals surface area contributed by atoms with Gasteiger partial charge in [-0.25, -0.2) is 0 Å². The Labute approximate surface area is 188 Å². The van der Waals surface area contributed by atoms with Crippen LogP contribution < -0.4 is 0 Å². The van der Waals surface area contributed by atoms with Crippen LogP contribution in [0.15, 0.2) is 11.6 Å². The molecule has 4 aliphatic carbocycles. The number of ketones is 2. The van der Waals surface area contributed by atoms with Gasteiger partial charge in [-0.2, -0.15) is 0 Å². The lowest BCUT2D eigenvalue weighted by atomic mass is 9.45. The largest absolute Gasteiger partial charge is 0.462 e. The van der Waals surface area contributed by atoms with Gasteiger partial charge in [-0.05, 0) is 55.4 Å². The Balaban J connectivity index is 1.68. The highest BCUT2D eigenvalue weighted by Crippen LogP contribution is 2.67. The normalized spacial score (nSPS) is 41.7. The molecule has 0 aliphatic heterocycles. The second-order valence-corrected chi connectivity index (χ2v) is 10.8. The molecular weight excluding hydrogens is 412 g/mol. The Morgan fingerprint density at radius 3 is 2.50 bits per heavy atom. The van der Waals surface area contributed by atoms with Gasteiger partial charge in [-0.3, -0.25) is 19.2 Å². The lowest BCUT2D eigenvalue weighted by Crippen LogP contribution is -2.62. The van der Waals surface area contributed by atoms with Crippen molar-refractivity contribution in [1.29, 1.82) is 0 Å². The molecular formula is C25H34O7. The molecule has 0 heterocycles. The molecule has 176 valence electrons. The van der Waals surface area contributed by atoms with Gasteiger partial charge in [0.05, 0.1) is 0 Å². The van der Waals surface area contributed by atoms with Gasteiger partial charge in [0.1, 0.15) is 18.0 Å². The number of hydrogen-bond donors (Lipinski definition) is 1. The minimum Gasteiger partial charge on any atom is -0.462 e. The first kappa shape index (κ1) is 23.1. The first-order valence-corrected chi connectivity index (χ1v) is 11.7. The molecule has 7 nitrogen and oxygen atoms in total. The molecule has 6 unspecified atom stereocenters. The summed E-state index contributed by atoms with van der Waals surface area (Å²) in [5.41, 5.74) is -1.44. The first-order valence-electron chi connectivity index (χ1n) is 11.7. The fourth-order valence-electron chi connectivity index (χ4n) is 7.61. The summed E-state index contributed by atoms with van der Waals surface area (Å²) in [4.78, 5) is 48.9. The van der Waals surface area contributed by atoms with Crippen molar-refractivity contribution in [3.63, 3.8) is 0 Å². The van der Waals surface area contributed by atoms with Gasteiger partial charge < -0.3 is 14.6 Å². The van der Waals surface area contributed by atoms with Crippen molar-refractivity contribution in [2.45, 2.75) is 84.3 Å². The van der Waals surface area contributed by atoms with E-state index in [1.165, 1.54) is 13.8 Å². The van der Waals surface area contributed by atoms with E-state index >= 15 is 0 Å². The number of carbonyl (C=O) groups excluding carboxylic acids is 4. The zero-order valence-corrected chi connectivity index (χ0v) is 19.4. The second-order valence-electron chi connectivity index (χ2n) is 10.8. The Hall–Kier alpha value is -2.02. The molecule has 0 saturated heterocycles. The minimum absolute atomic E-state index is 0.0848. The molecule has 0 spiro atoms. The fraction of sp³-hybridized carbons (Fsp3) is 0.760. The number of ether oxygens (including phenoxy) is 2. The predicted octanol–water partition coefficient (Wildman–Crippen LogP) is 2.92. The highest BCUT2D eigenvalue weighted by molar-refractivity contribution is 5.93. The third kappa shape index (κ3) is 3.35. The number of carbonyl (C=O) groups is 4. The van der Waals surface area contributed by atoms with E-state index in [0.717, 1.165) is 18.4 Å². The van der Waals surface area contributed by atoms with Gasteiger partial charge in [-0.15, -0.1) is 0 Å². The van der Waals surface area contributed by atoms with Crippen LogP contribution in [-0.2, 0) is 28.7 Å². The topological polar surface area (TPSA) is 107 Å². The Morgan fingerprint density at radius 2 is 1.84 bits per heavy atom. The average Bonchev–Trinajstić information content (AvgIpc) is 2.96. The summed E-state index contributed by atoms with van der Waals surface area (Å²) in [6.07, 6.45) is 4.79. The Morgan fingerprint density at radius 1 is 1.12 bits per heavy atom. The van der Waals surface area contributed by atoms with Crippen LogP contribution in [-0.4, -0.2) is 46.9 Å². The van der Waals surface area contributed by atoms with Crippen molar-refractivity contribution in [3.8, 4) is 0 Å². The number of Topliss-reactive ketones (excluding diaryl/α,β-unsaturated/α-hetero) is 1. The van der Waals surface area contributed by atoms with Crippen LogP contribution in [0.3, 0.4) is 0 Å². The maximum absolute atomic E-state index is 13.7. The Kier molecular flexibility index (Phi) is 5.63. The lowest BCUT2D eigenvalue weighted by molar-refractivity contribution is -0.206. The summed E-state index contributed by atoms with van der Waals surface area (Å²) in [6.45, 7) is 6.36. The van der Waals surface area contributed by atoms with Gasteiger partial charge in [0.2, 0.25) is 0 Å². The van der Waals surface area contributed by atoms with Gasteiger partial charge in [0, 0.05) is 38.0 Å². The third-order valence-electron chi connectivity index (χ3n) is 9.15. The molecule has 0 radical (unpaired) electrons. The highest BCUT2D eigenvalue weighted by atomic mass is 16.6. The van der Waals surface area contributed by atoms with E-state index in [9.17, 15) is 24.3 Å². The van der Waals surface area contributed by atoms with Crippen LogP contribution >= 0.6 is 0 Å². The maximum Gasteiger partial charge on any atom is 0.303 e. The molecule has 4 aliphatic rings. The summed E-state index contributed by atoms with van der Waals surface area (Å²) >= 11 is 0. The minimum atomic E-state index is -1.46. The van der Waals surface area contributed by atoms with Crippen LogP contribution in [0.25, 0.3) is 0 Å². The number of allylic oxidation sites excluding steroid dienone is 1. The van der Waals surface area contributed by atoms with Crippen LogP contribution in [0.2, 0.25) is 0 Å². The quantitative estimate of drug-likeness (QED) is 0.662. The maximum atomic E-state index is 13.7. The van der Waals surface area contributed by atoms with Gasteiger partial charge in [0.25, 0.3) is 0 Å². The standard InChI is InChI=1S/C25H34O7/c1-14(26)31-13-21(32-15(2)27)25(30)10-8-19-18-6-5-16-11-17(28)7-9-23(16,3)22(18)20(29)12-24(19,25)4/h11,18-19,21-22,30H,5-10,12-13H2,1-4H3/t18?,19?,21?,22?,23?,24?,25-/m0/s1. The van der Waals surface area contributed by atoms with E-state index in [1.807, 2.05) is 6.92 Å². The predicted molar refractivity (Wildman–Crippen MR) is 114 cm³/mol. The van der Waals surface area contributed by atoms with E-state index < -0.39 is 29.1 Å². The molecule has 7 atom stereocenters. The van der Waals surface area contributed by atoms with Crippen molar-refractivity contribution in [3.05, 3.63) is 11.6 Å². The number of esters is 2. The smallest absolute Gasteiger partial charge is 0.303 e. The summed E-state index contributed by atoms with van der Waals surface area (Å²) < 4.78 is 10.6. The average molecular weight is 447 g/mol. The lowest BCUT2D eigenvalue weighted by Gasteiger charge is -2.58. The number of aliphatic hydroxyl groups is 1. The van der Waals surface area contributed by atoms with Crippen LogP contribution in [0.4, 0.5) is 0 Å². The Bertz CT molecular complexity index is 891. The molecule has 4 rings (SSSR count). The third-order valence-corrected chi connectivity index (χ3v) is 9.15. The van der Waals surface area contributed by atoms with Crippen LogP contribution in [0.5, 0.6) is 0 Å². The molecule has 32 heavy (non-hydrogen) atoms. The second kappa shape index (κ2) is 7.79. The molecule has 3 fully saturated rings. The zero-order valence-electron chi connectivity index (χ0n) is 19.4. The monoisotopic (exact) mass is 446 g/mol.